The smallest absolute Gasteiger partial charge is 0.232 e. The lowest BCUT2D eigenvalue weighted by atomic mass is 10.4. The zero-order valence-corrected chi connectivity index (χ0v) is 10.2. The highest BCUT2D eigenvalue weighted by Gasteiger charge is 2.05. The Morgan fingerprint density at radius 1 is 1.46 bits per heavy atom. The second kappa shape index (κ2) is 9.86. The van der Waals surface area contributed by atoms with Crippen LogP contribution in [0.2, 0.25) is 0 Å². The molecule has 0 aliphatic heterocycles. The highest BCUT2D eigenvalue weighted by molar-refractivity contribution is 7.81. The highest BCUT2D eigenvalue weighted by Crippen LogP contribution is 1.90. The van der Waals surface area contributed by atoms with Gasteiger partial charge in [0.2, 0.25) is 5.91 Å². The molecule has 0 aliphatic rings. The number of thiol groups is 1. The largest absolute Gasteiger partial charge is 0.354 e. The molecule has 0 radical (unpaired) electrons. The van der Waals surface area contributed by atoms with Crippen molar-refractivity contribution in [3.05, 3.63) is 0 Å². The average Bonchev–Trinajstić information content (AvgIpc) is 2.07. The van der Waals surface area contributed by atoms with Gasteiger partial charge in [0.25, 0.3) is 0 Å². The molecule has 0 aromatic rings. The molecule has 0 saturated carbocycles. The van der Waals surface area contributed by atoms with E-state index in [1.807, 2.05) is 32.8 Å². The highest BCUT2D eigenvalue weighted by atomic mass is 32.1. The minimum atomic E-state index is -0.211. The molecule has 80 valence electrons. The lowest BCUT2D eigenvalue weighted by Gasteiger charge is -2.11. The maximum atomic E-state index is 10.9. The predicted octanol–water partition coefficient (Wildman–Crippen LogP) is 1.01. The van der Waals surface area contributed by atoms with E-state index in [4.69, 9.17) is 0 Å². The van der Waals surface area contributed by atoms with Gasteiger partial charge < -0.3 is 10.2 Å². The van der Waals surface area contributed by atoms with Gasteiger partial charge in [-0.25, -0.2) is 0 Å². The molecule has 0 heterocycles. The SMILES string of the molecule is CC.CC(S)C(=O)NCCN(C)C. The van der Waals surface area contributed by atoms with Gasteiger partial charge in [0, 0.05) is 13.1 Å². The third-order valence-electron chi connectivity index (χ3n) is 1.24. The van der Waals surface area contributed by atoms with Crippen LogP contribution in [0.15, 0.2) is 0 Å². The molecular weight excluding hydrogens is 184 g/mol. The molecule has 1 atom stereocenters. The molecule has 0 bridgehead atoms. The summed E-state index contributed by atoms with van der Waals surface area (Å²) in [7, 11) is 3.94. The topological polar surface area (TPSA) is 32.3 Å². The number of carbonyl (C=O) groups excluding carboxylic acids is 1. The molecule has 1 unspecified atom stereocenters. The number of hydrogen-bond donors (Lipinski definition) is 2. The Hall–Kier alpha value is -0.220. The molecular formula is C9H22N2OS. The van der Waals surface area contributed by atoms with Gasteiger partial charge in [0.15, 0.2) is 0 Å². The summed E-state index contributed by atoms with van der Waals surface area (Å²) in [6.45, 7) is 7.32. The summed E-state index contributed by atoms with van der Waals surface area (Å²) in [5.74, 6) is -0.00446. The van der Waals surface area contributed by atoms with Crippen molar-refractivity contribution in [1.82, 2.24) is 10.2 Å². The molecule has 0 rings (SSSR count). The molecule has 0 aromatic heterocycles. The van der Waals surface area contributed by atoms with E-state index >= 15 is 0 Å². The van der Waals surface area contributed by atoms with Crippen molar-refractivity contribution in [3.63, 3.8) is 0 Å². The normalized spacial score (nSPS) is 11.6. The molecule has 0 saturated heterocycles. The first-order valence-electron chi connectivity index (χ1n) is 4.64. The van der Waals surface area contributed by atoms with Crippen molar-refractivity contribution in [2.24, 2.45) is 0 Å². The summed E-state index contributed by atoms with van der Waals surface area (Å²) in [6, 6.07) is 0. The quantitative estimate of drug-likeness (QED) is 0.673. The van der Waals surface area contributed by atoms with Crippen LogP contribution >= 0.6 is 12.6 Å². The first-order chi connectivity index (χ1) is 6.04. The van der Waals surface area contributed by atoms with Crippen molar-refractivity contribution in [3.8, 4) is 0 Å². The third kappa shape index (κ3) is 11.8. The standard InChI is InChI=1S/C7H16N2OS.C2H6/c1-6(11)7(10)8-4-5-9(2)3;1-2/h6,11H,4-5H2,1-3H3,(H,8,10);1-2H3. The van der Waals surface area contributed by atoms with E-state index in [1.54, 1.807) is 6.92 Å². The van der Waals surface area contributed by atoms with E-state index in [0.717, 1.165) is 6.54 Å². The van der Waals surface area contributed by atoms with E-state index in [-0.39, 0.29) is 11.2 Å². The van der Waals surface area contributed by atoms with Crippen molar-refractivity contribution in [2.45, 2.75) is 26.0 Å². The maximum Gasteiger partial charge on any atom is 0.232 e. The van der Waals surface area contributed by atoms with Gasteiger partial charge in [-0.2, -0.15) is 12.6 Å². The Morgan fingerprint density at radius 2 is 1.92 bits per heavy atom. The Kier molecular flexibility index (Phi) is 11.6. The van der Waals surface area contributed by atoms with Crippen LogP contribution in [0.5, 0.6) is 0 Å². The molecule has 3 nitrogen and oxygen atoms in total. The van der Waals surface area contributed by atoms with E-state index in [2.05, 4.69) is 17.9 Å². The number of nitrogens with zero attached hydrogens (tertiary/aromatic N) is 1. The minimum Gasteiger partial charge on any atom is -0.354 e. The Bertz CT molecular complexity index is 127. The number of nitrogens with one attached hydrogen (secondary N) is 1. The van der Waals surface area contributed by atoms with Crippen molar-refractivity contribution in [1.29, 1.82) is 0 Å². The lowest BCUT2D eigenvalue weighted by molar-refractivity contribution is -0.120. The molecule has 0 aromatic carbocycles. The molecule has 1 amide bonds. The summed E-state index contributed by atoms with van der Waals surface area (Å²) in [4.78, 5) is 12.9. The van der Waals surface area contributed by atoms with Crippen LogP contribution in [0.4, 0.5) is 0 Å². The van der Waals surface area contributed by atoms with Crippen LogP contribution in [0.1, 0.15) is 20.8 Å². The van der Waals surface area contributed by atoms with Gasteiger partial charge >= 0.3 is 0 Å². The van der Waals surface area contributed by atoms with Crippen LogP contribution in [-0.2, 0) is 4.79 Å². The average molecular weight is 206 g/mol. The minimum absolute atomic E-state index is 0.00446. The Labute approximate surface area is 87.3 Å². The van der Waals surface area contributed by atoms with Gasteiger partial charge in [-0.1, -0.05) is 13.8 Å². The summed E-state index contributed by atoms with van der Waals surface area (Å²) in [5, 5.41) is 2.55. The number of likely N-dealkylation sites (N-methyl/N-ethyl adjacent to an activating group) is 1. The van der Waals surface area contributed by atoms with Gasteiger partial charge in [-0.15, -0.1) is 0 Å². The van der Waals surface area contributed by atoms with E-state index < -0.39 is 0 Å². The number of amides is 1. The number of hydrogen-bond acceptors (Lipinski definition) is 3. The van der Waals surface area contributed by atoms with Crippen molar-refractivity contribution < 1.29 is 4.79 Å². The molecule has 13 heavy (non-hydrogen) atoms. The Balaban J connectivity index is 0. The summed E-state index contributed by atoms with van der Waals surface area (Å²) < 4.78 is 0. The van der Waals surface area contributed by atoms with Crippen LogP contribution in [0, 0.1) is 0 Å². The molecule has 0 aliphatic carbocycles. The number of rotatable bonds is 4. The van der Waals surface area contributed by atoms with Gasteiger partial charge in [-0.3, -0.25) is 4.79 Å². The second-order valence-corrected chi connectivity index (χ2v) is 3.54. The fraction of sp³-hybridized carbons (Fsp3) is 0.889. The fourth-order valence-electron chi connectivity index (χ4n) is 0.550. The van der Waals surface area contributed by atoms with E-state index in [9.17, 15) is 4.79 Å². The second-order valence-electron chi connectivity index (χ2n) is 2.77. The third-order valence-corrected chi connectivity index (χ3v) is 1.47. The van der Waals surface area contributed by atoms with Crippen molar-refractivity contribution in [2.75, 3.05) is 27.2 Å². The molecule has 0 fully saturated rings. The summed E-state index contributed by atoms with van der Waals surface area (Å²) in [5.41, 5.74) is 0. The van der Waals surface area contributed by atoms with Crippen LogP contribution in [-0.4, -0.2) is 43.2 Å². The molecule has 0 spiro atoms. The Morgan fingerprint density at radius 3 is 2.23 bits per heavy atom. The maximum absolute atomic E-state index is 10.9. The number of carbonyl (C=O) groups is 1. The summed E-state index contributed by atoms with van der Waals surface area (Å²) >= 11 is 3.99. The van der Waals surface area contributed by atoms with Crippen LogP contribution in [0.25, 0.3) is 0 Å². The van der Waals surface area contributed by atoms with Crippen LogP contribution in [0.3, 0.4) is 0 Å². The van der Waals surface area contributed by atoms with Gasteiger partial charge in [-0.05, 0) is 21.0 Å². The zero-order chi connectivity index (χ0) is 10.9. The van der Waals surface area contributed by atoms with Gasteiger partial charge in [0.05, 0.1) is 5.25 Å². The first kappa shape index (κ1) is 15.3. The predicted molar refractivity (Wildman–Crippen MR) is 61.4 cm³/mol. The monoisotopic (exact) mass is 206 g/mol. The van der Waals surface area contributed by atoms with E-state index in [1.165, 1.54) is 0 Å². The zero-order valence-electron chi connectivity index (χ0n) is 9.29. The van der Waals surface area contributed by atoms with Crippen LogP contribution < -0.4 is 5.32 Å². The molecule has 1 N–H and O–H groups in total. The van der Waals surface area contributed by atoms with Crippen molar-refractivity contribution >= 4 is 18.5 Å². The lowest BCUT2D eigenvalue weighted by Crippen LogP contribution is -2.35. The van der Waals surface area contributed by atoms with E-state index in [0.29, 0.717) is 6.54 Å². The fourth-order valence-corrected chi connectivity index (χ4v) is 0.642. The van der Waals surface area contributed by atoms with Gasteiger partial charge in [0.1, 0.15) is 0 Å². The summed E-state index contributed by atoms with van der Waals surface area (Å²) in [6.07, 6.45) is 0. The molecule has 4 heteroatoms. The first-order valence-corrected chi connectivity index (χ1v) is 5.16.